The zero-order valence-electron chi connectivity index (χ0n) is 15.8. The molecule has 6 heteroatoms. The van der Waals surface area contributed by atoms with Crippen LogP contribution in [0, 0.1) is 5.92 Å². The highest BCUT2D eigenvalue weighted by molar-refractivity contribution is 7.80. The van der Waals surface area contributed by atoms with Gasteiger partial charge in [0, 0.05) is 24.8 Å². The minimum atomic E-state index is 0.465. The quantitative estimate of drug-likeness (QED) is 0.481. The van der Waals surface area contributed by atoms with Crippen LogP contribution in [-0.4, -0.2) is 43.2 Å². The van der Waals surface area contributed by atoms with Crippen LogP contribution < -0.4 is 15.6 Å². The fourth-order valence-corrected chi connectivity index (χ4v) is 3.86. The Labute approximate surface area is 162 Å². The van der Waals surface area contributed by atoms with Crippen molar-refractivity contribution in [2.75, 3.05) is 31.2 Å². The van der Waals surface area contributed by atoms with Crippen LogP contribution in [0.15, 0.2) is 29.4 Å². The molecule has 1 aliphatic heterocycles. The Kier molecular flexibility index (Phi) is 6.86. The van der Waals surface area contributed by atoms with Gasteiger partial charge in [-0.25, -0.2) is 0 Å². The third kappa shape index (κ3) is 5.17. The zero-order chi connectivity index (χ0) is 18.4. The Balaban J connectivity index is 1.52. The van der Waals surface area contributed by atoms with E-state index in [1.54, 1.807) is 0 Å². The first-order valence-electron chi connectivity index (χ1n) is 9.67. The van der Waals surface area contributed by atoms with E-state index in [4.69, 9.17) is 17.0 Å². The van der Waals surface area contributed by atoms with Crippen molar-refractivity contribution in [2.24, 2.45) is 11.0 Å². The van der Waals surface area contributed by atoms with Crippen LogP contribution in [0.3, 0.4) is 0 Å². The molecule has 2 atom stereocenters. The number of hydrazone groups is 1. The number of nitrogens with zero attached hydrogens (tertiary/aromatic N) is 2. The van der Waals surface area contributed by atoms with Gasteiger partial charge in [0.1, 0.15) is 0 Å². The fraction of sp³-hybridized carbons (Fsp3) is 0.600. The van der Waals surface area contributed by atoms with Gasteiger partial charge in [-0.3, -0.25) is 5.43 Å². The molecule has 0 bridgehead atoms. The predicted molar refractivity (Wildman–Crippen MR) is 112 cm³/mol. The van der Waals surface area contributed by atoms with E-state index in [1.807, 2.05) is 6.92 Å². The molecule has 0 aromatic heterocycles. The van der Waals surface area contributed by atoms with Gasteiger partial charge < -0.3 is 15.0 Å². The number of anilines is 1. The Hall–Kier alpha value is -1.66. The van der Waals surface area contributed by atoms with Crippen molar-refractivity contribution >= 4 is 28.7 Å². The molecular formula is C20H30N4OS. The SMILES string of the molecule is C/C(=N/NC(=S)N[C@@H]1CCCC[C@H]1C)c1ccc(N2CCOCC2)cc1. The van der Waals surface area contributed by atoms with E-state index in [9.17, 15) is 0 Å². The standard InChI is InChI=1S/C20H30N4OS/c1-15-5-3-4-6-19(15)21-20(26)23-22-16(2)17-7-9-18(10-8-17)24-11-13-25-14-12-24/h7-10,15,19H,3-6,11-14H2,1-2H3,(H2,21,23,26)/b22-16-/t15-,19-/m1/s1. The summed E-state index contributed by atoms with van der Waals surface area (Å²) < 4.78 is 5.41. The summed E-state index contributed by atoms with van der Waals surface area (Å²) in [6, 6.07) is 9.00. The van der Waals surface area contributed by atoms with Crippen LogP contribution in [0.2, 0.25) is 0 Å². The molecule has 26 heavy (non-hydrogen) atoms. The maximum absolute atomic E-state index is 5.41. The molecule has 2 fully saturated rings. The normalized spacial score (nSPS) is 24.2. The molecule has 0 amide bonds. The monoisotopic (exact) mass is 374 g/mol. The van der Waals surface area contributed by atoms with Crippen molar-refractivity contribution in [2.45, 2.75) is 45.6 Å². The molecule has 5 nitrogen and oxygen atoms in total. The first-order chi connectivity index (χ1) is 12.6. The number of ether oxygens (including phenoxy) is 1. The molecule has 1 saturated heterocycles. The average molecular weight is 375 g/mol. The third-order valence-corrected chi connectivity index (χ3v) is 5.62. The van der Waals surface area contributed by atoms with E-state index in [0.29, 0.717) is 17.1 Å². The molecule has 1 aliphatic carbocycles. The molecule has 0 unspecified atom stereocenters. The average Bonchev–Trinajstić information content (AvgIpc) is 2.69. The topological polar surface area (TPSA) is 48.9 Å². The lowest BCUT2D eigenvalue weighted by Gasteiger charge is -2.30. The van der Waals surface area contributed by atoms with Gasteiger partial charge in [-0.05, 0) is 55.6 Å². The lowest BCUT2D eigenvalue weighted by molar-refractivity contribution is 0.122. The second kappa shape index (κ2) is 9.33. The Bertz CT molecular complexity index is 625. The largest absolute Gasteiger partial charge is 0.378 e. The number of thiocarbonyl (C=S) groups is 1. The third-order valence-electron chi connectivity index (χ3n) is 5.41. The summed E-state index contributed by atoms with van der Waals surface area (Å²) in [5.74, 6) is 0.668. The van der Waals surface area contributed by atoms with E-state index in [1.165, 1.54) is 31.4 Å². The molecule has 1 heterocycles. The van der Waals surface area contributed by atoms with Crippen molar-refractivity contribution in [3.63, 3.8) is 0 Å². The highest BCUT2D eigenvalue weighted by Gasteiger charge is 2.21. The van der Waals surface area contributed by atoms with E-state index in [-0.39, 0.29) is 0 Å². The van der Waals surface area contributed by atoms with Crippen LogP contribution in [0.5, 0.6) is 0 Å². The maximum Gasteiger partial charge on any atom is 0.187 e. The molecule has 1 aromatic rings. The van der Waals surface area contributed by atoms with Gasteiger partial charge in [0.05, 0.1) is 18.9 Å². The van der Waals surface area contributed by atoms with Crippen LogP contribution >= 0.6 is 12.2 Å². The van der Waals surface area contributed by atoms with Crippen LogP contribution in [0.1, 0.15) is 45.1 Å². The Morgan fingerprint density at radius 2 is 1.85 bits per heavy atom. The molecule has 2 N–H and O–H groups in total. The van der Waals surface area contributed by atoms with Gasteiger partial charge in [0.15, 0.2) is 5.11 Å². The minimum Gasteiger partial charge on any atom is -0.378 e. The van der Waals surface area contributed by atoms with Crippen molar-refractivity contribution in [3.8, 4) is 0 Å². The van der Waals surface area contributed by atoms with Crippen molar-refractivity contribution in [3.05, 3.63) is 29.8 Å². The van der Waals surface area contributed by atoms with Gasteiger partial charge in [0.2, 0.25) is 0 Å². The van der Waals surface area contributed by atoms with E-state index in [0.717, 1.165) is 37.6 Å². The summed E-state index contributed by atoms with van der Waals surface area (Å²) in [5, 5.41) is 8.50. The van der Waals surface area contributed by atoms with E-state index in [2.05, 4.69) is 51.9 Å². The highest BCUT2D eigenvalue weighted by Crippen LogP contribution is 2.23. The number of morpholine rings is 1. The summed E-state index contributed by atoms with van der Waals surface area (Å²) in [7, 11) is 0. The second-order valence-corrected chi connectivity index (χ2v) is 7.71. The van der Waals surface area contributed by atoms with Gasteiger partial charge in [-0.15, -0.1) is 0 Å². The van der Waals surface area contributed by atoms with Crippen molar-refractivity contribution in [1.82, 2.24) is 10.7 Å². The van der Waals surface area contributed by atoms with Crippen LogP contribution in [-0.2, 0) is 4.74 Å². The lowest BCUT2D eigenvalue weighted by atomic mass is 9.86. The van der Waals surface area contributed by atoms with E-state index < -0.39 is 0 Å². The summed E-state index contributed by atoms with van der Waals surface area (Å²) >= 11 is 5.41. The van der Waals surface area contributed by atoms with Crippen molar-refractivity contribution < 1.29 is 4.74 Å². The van der Waals surface area contributed by atoms with Gasteiger partial charge in [-0.2, -0.15) is 5.10 Å². The smallest absolute Gasteiger partial charge is 0.187 e. The summed E-state index contributed by atoms with van der Waals surface area (Å²) in [6.45, 7) is 7.81. The highest BCUT2D eigenvalue weighted by atomic mass is 32.1. The van der Waals surface area contributed by atoms with Gasteiger partial charge >= 0.3 is 0 Å². The van der Waals surface area contributed by atoms with Crippen LogP contribution in [0.25, 0.3) is 0 Å². The number of rotatable bonds is 4. The first kappa shape index (κ1) is 19.1. The minimum absolute atomic E-state index is 0.465. The predicted octanol–water partition coefficient (Wildman–Crippen LogP) is 3.29. The molecule has 142 valence electrons. The number of hydrogen-bond donors (Lipinski definition) is 2. The van der Waals surface area contributed by atoms with Gasteiger partial charge in [-0.1, -0.05) is 31.9 Å². The van der Waals surface area contributed by atoms with Gasteiger partial charge in [0.25, 0.3) is 0 Å². The number of hydrogen-bond acceptors (Lipinski definition) is 4. The number of benzene rings is 1. The molecule has 1 aromatic carbocycles. The number of nitrogens with one attached hydrogen (secondary N) is 2. The summed E-state index contributed by atoms with van der Waals surface area (Å²) in [4.78, 5) is 2.35. The maximum atomic E-state index is 5.41. The first-order valence-corrected chi connectivity index (χ1v) is 10.1. The molecule has 0 spiro atoms. The Morgan fingerprint density at radius 1 is 1.15 bits per heavy atom. The molecule has 3 rings (SSSR count). The molecule has 2 aliphatic rings. The van der Waals surface area contributed by atoms with Crippen molar-refractivity contribution in [1.29, 1.82) is 0 Å². The lowest BCUT2D eigenvalue weighted by Crippen LogP contribution is -2.44. The molecule has 0 radical (unpaired) electrons. The molecular weight excluding hydrogens is 344 g/mol. The Morgan fingerprint density at radius 3 is 2.54 bits per heavy atom. The van der Waals surface area contributed by atoms with E-state index >= 15 is 0 Å². The second-order valence-electron chi connectivity index (χ2n) is 7.30. The zero-order valence-corrected chi connectivity index (χ0v) is 16.6. The summed E-state index contributed by atoms with van der Waals surface area (Å²) in [5.41, 5.74) is 6.28. The summed E-state index contributed by atoms with van der Waals surface area (Å²) in [6.07, 6.45) is 5.08. The van der Waals surface area contributed by atoms with Crippen LogP contribution in [0.4, 0.5) is 5.69 Å². The fourth-order valence-electron chi connectivity index (χ4n) is 3.67. The molecule has 1 saturated carbocycles.